The molecule has 0 aliphatic rings. The maximum atomic E-state index is 13.0. The molecular weight excluding hydrogens is 1020 g/mol. The maximum Gasteiger partial charge on any atom is 0.306 e. The summed E-state index contributed by atoms with van der Waals surface area (Å²) in [4.78, 5) is 38.5. The van der Waals surface area contributed by atoms with Crippen LogP contribution in [0, 0.1) is 0 Å². The Balaban J connectivity index is 4.38. The first kappa shape index (κ1) is 79.3. The van der Waals surface area contributed by atoms with Gasteiger partial charge in [-0.05, 0) is 96.3 Å². The summed E-state index contributed by atoms with van der Waals surface area (Å²) in [7, 11) is 0. The van der Waals surface area contributed by atoms with Gasteiger partial charge in [0.15, 0.2) is 6.10 Å². The fourth-order valence-electron chi connectivity index (χ4n) is 10.3. The van der Waals surface area contributed by atoms with Crippen LogP contribution in [0.2, 0.25) is 0 Å². The van der Waals surface area contributed by atoms with E-state index in [-0.39, 0.29) is 31.1 Å². The van der Waals surface area contributed by atoms with Crippen LogP contribution >= 0.6 is 0 Å². The van der Waals surface area contributed by atoms with Crippen molar-refractivity contribution in [1.82, 2.24) is 0 Å². The van der Waals surface area contributed by atoms with Crippen LogP contribution in [0.4, 0.5) is 0 Å². The molecule has 0 fully saturated rings. The number of rotatable bonds is 65. The van der Waals surface area contributed by atoms with Crippen LogP contribution in [-0.2, 0) is 28.6 Å². The lowest BCUT2D eigenvalue weighted by atomic mass is 10.0. The summed E-state index contributed by atoms with van der Waals surface area (Å²) in [6.07, 6.45) is 95.7. The average Bonchev–Trinajstić information content (AvgIpc) is 3.49. The normalized spacial score (nSPS) is 12.7. The molecule has 6 heteroatoms. The molecule has 478 valence electrons. The van der Waals surface area contributed by atoms with E-state index in [0.29, 0.717) is 19.3 Å². The van der Waals surface area contributed by atoms with Crippen LogP contribution in [0.1, 0.15) is 355 Å². The first-order chi connectivity index (χ1) is 41.0. The van der Waals surface area contributed by atoms with Crippen molar-refractivity contribution >= 4 is 17.9 Å². The van der Waals surface area contributed by atoms with E-state index < -0.39 is 6.10 Å². The number of ether oxygens (including phenoxy) is 3. The van der Waals surface area contributed by atoms with Crippen LogP contribution in [0.3, 0.4) is 0 Å². The van der Waals surface area contributed by atoms with Crippen molar-refractivity contribution < 1.29 is 28.6 Å². The molecule has 0 aromatic heterocycles. The minimum atomic E-state index is -0.786. The first-order valence-corrected chi connectivity index (χ1v) is 35.7. The highest BCUT2D eigenvalue weighted by Crippen LogP contribution is 2.18. The van der Waals surface area contributed by atoms with E-state index >= 15 is 0 Å². The van der Waals surface area contributed by atoms with Gasteiger partial charge in [0.2, 0.25) is 0 Å². The molecule has 6 nitrogen and oxygen atoms in total. The lowest BCUT2D eigenvalue weighted by Gasteiger charge is -2.18. The van der Waals surface area contributed by atoms with Gasteiger partial charge >= 0.3 is 17.9 Å². The quantitative estimate of drug-likeness (QED) is 0.0261. The van der Waals surface area contributed by atoms with Gasteiger partial charge in [-0.2, -0.15) is 0 Å². The molecule has 1 atom stereocenters. The van der Waals surface area contributed by atoms with Gasteiger partial charge in [0, 0.05) is 19.3 Å². The Hall–Kier alpha value is -3.67. The molecule has 0 radical (unpaired) electrons. The minimum Gasteiger partial charge on any atom is -0.462 e. The molecule has 0 aliphatic heterocycles. The lowest BCUT2D eigenvalue weighted by molar-refractivity contribution is -0.167. The third-order valence-electron chi connectivity index (χ3n) is 15.6. The van der Waals surface area contributed by atoms with Gasteiger partial charge in [-0.15, -0.1) is 0 Å². The monoisotopic (exact) mass is 1160 g/mol. The SMILES string of the molecule is CC/C=C\C/C=C\C/C=C\C/C=C\CCCCCCCCCCCCC(=O)OCC(COC(=O)CCCCCCCCCCCCCCCCCCCCCCC)OC(=O)CCCCCCCCCC/C=C\C/C=C\C/C=C\C/C=C\CC. The average molecular weight is 1160 g/mol. The van der Waals surface area contributed by atoms with E-state index in [9.17, 15) is 14.4 Å². The summed E-state index contributed by atoms with van der Waals surface area (Å²) >= 11 is 0. The van der Waals surface area contributed by atoms with Crippen LogP contribution < -0.4 is 0 Å². The Morgan fingerprint density at radius 1 is 0.253 bits per heavy atom. The summed E-state index contributed by atoms with van der Waals surface area (Å²) < 4.78 is 17.0. The number of allylic oxidation sites excluding steroid dienone is 16. The highest BCUT2D eigenvalue weighted by Gasteiger charge is 2.19. The molecule has 0 bridgehead atoms. The zero-order valence-electron chi connectivity index (χ0n) is 54.9. The second kappa shape index (κ2) is 70.8. The molecule has 0 saturated heterocycles. The predicted octanol–water partition coefficient (Wildman–Crippen LogP) is 24.8. The largest absolute Gasteiger partial charge is 0.462 e. The van der Waals surface area contributed by atoms with Crippen molar-refractivity contribution in [3.63, 3.8) is 0 Å². The first-order valence-electron chi connectivity index (χ1n) is 35.7. The molecule has 0 saturated carbocycles. The van der Waals surface area contributed by atoms with E-state index in [1.54, 1.807) is 0 Å². The predicted molar refractivity (Wildman–Crippen MR) is 362 cm³/mol. The van der Waals surface area contributed by atoms with Crippen molar-refractivity contribution in [1.29, 1.82) is 0 Å². The van der Waals surface area contributed by atoms with E-state index in [4.69, 9.17) is 14.2 Å². The summed E-state index contributed by atoms with van der Waals surface area (Å²) in [6, 6.07) is 0. The van der Waals surface area contributed by atoms with Crippen LogP contribution in [0.15, 0.2) is 97.2 Å². The van der Waals surface area contributed by atoms with E-state index in [0.717, 1.165) is 116 Å². The van der Waals surface area contributed by atoms with Gasteiger partial charge in [-0.25, -0.2) is 0 Å². The molecule has 0 aromatic carbocycles. The zero-order valence-corrected chi connectivity index (χ0v) is 54.9. The summed E-state index contributed by atoms with van der Waals surface area (Å²) in [5.41, 5.74) is 0. The Labute approximate surface area is 515 Å². The summed E-state index contributed by atoms with van der Waals surface area (Å²) in [5.74, 6) is -0.872. The van der Waals surface area contributed by atoms with Crippen LogP contribution in [0.25, 0.3) is 0 Å². The third kappa shape index (κ3) is 69.0. The molecular formula is C77H134O6. The molecule has 0 aromatic rings. The number of carbonyl (C=O) groups excluding carboxylic acids is 3. The fourth-order valence-corrected chi connectivity index (χ4v) is 10.3. The molecule has 0 aliphatic carbocycles. The van der Waals surface area contributed by atoms with Gasteiger partial charge in [-0.1, -0.05) is 336 Å². The van der Waals surface area contributed by atoms with Crippen LogP contribution in [0.5, 0.6) is 0 Å². The number of unbranched alkanes of at least 4 members (excludes halogenated alkanes) is 38. The van der Waals surface area contributed by atoms with Crippen molar-refractivity contribution in [2.45, 2.75) is 361 Å². The van der Waals surface area contributed by atoms with Gasteiger partial charge in [0.25, 0.3) is 0 Å². The molecule has 1 unspecified atom stereocenters. The standard InChI is InChI=1S/C77H134O6/c1-4-7-10-13-16-19-22-25-28-31-34-37-38-41-43-46-49-52-55-58-61-64-67-70-76(79)82-73-74(83-77(80)71-68-65-62-59-56-53-50-47-44-40-36-33-30-27-24-21-18-15-12-9-6-3)72-81-75(78)69-66-63-60-57-54-51-48-45-42-39-35-32-29-26-23-20-17-14-11-8-5-2/h7,9-10,12,16,18-19,21,25,27-28,30,34,36-37,40,74H,4-6,8,11,13-15,17,20,22-24,26,29,31-33,35,38-39,41-73H2,1-3H3/b10-7-,12-9-,19-16-,21-18-,28-25-,30-27-,37-34-,40-36-. The van der Waals surface area contributed by atoms with Gasteiger partial charge in [0.05, 0.1) is 0 Å². The Morgan fingerprint density at radius 3 is 0.735 bits per heavy atom. The van der Waals surface area contributed by atoms with E-state index in [2.05, 4.69) is 118 Å². The van der Waals surface area contributed by atoms with Gasteiger partial charge in [-0.3, -0.25) is 14.4 Å². The minimum absolute atomic E-state index is 0.0787. The van der Waals surface area contributed by atoms with Gasteiger partial charge < -0.3 is 14.2 Å². The lowest BCUT2D eigenvalue weighted by Crippen LogP contribution is -2.30. The van der Waals surface area contributed by atoms with Crippen LogP contribution in [-0.4, -0.2) is 37.2 Å². The second-order valence-corrected chi connectivity index (χ2v) is 23.7. The number of esters is 3. The van der Waals surface area contributed by atoms with E-state index in [1.165, 1.54) is 199 Å². The third-order valence-corrected chi connectivity index (χ3v) is 15.6. The van der Waals surface area contributed by atoms with E-state index in [1.807, 2.05) is 0 Å². The Bertz CT molecular complexity index is 1610. The molecule has 0 spiro atoms. The number of hydrogen-bond acceptors (Lipinski definition) is 6. The summed E-state index contributed by atoms with van der Waals surface area (Å²) in [6.45, 7) is 6.46. The topological polar surface area (TPSA) is 78.9 Å². The number of carbonyl (C=O) groups is 3. The molecule has 0 amide bonds. The van der Waals surface area contributed by atoms with Crippen molar-refractivity contribution in [3.05, 3.63) is 97.2 Å². The highest BCUT2D eigenvalue weighted by atomic mass is 16.6. The number of hydrogen-bond donors (Lipinski definition) is 0. The molecule has 0 N–H and O–H groups in total. The molecule has 83 heavy (non-hydrogen) atoms. The van der Waals surface area contributed by atoms with Gasteiger partial charge in [0.1, 0.15) is 13.2 Å². The van der Waals surface area contributed by atoms with Crippen molar-refractivity contribution in [2.75, 3.05) is 13.2 Å². The maximum absolute atomic E-state index is 13.0. The Morgan fingerprint density at radius 2 is 0.470 bits per heavy atom. The second-order valence-electron chi connectivity index (χ2n) is 23.7. The fraction of sp³-hybridized carbons (Fsp3) is 0.753. The molecule has 0 heterocycles. The highest BCUT2D eigenvalue weighted by molar-refractivity contribution is 5.71. The summed E-state index contributed by atoms with van der Waals surface area (Å²) in [5, 5.41) is 0. The molecule has 0 rings (SSSR count). The Kier molecular flexibility index (Phi) is 67.7. The zero-order chi connectivity index (χ0) is 59.9. The smallest absolute Gasteiger partial charge is 0.306 e. The van der Waals surface area contributed by atoms with Crippen molar-refractivity contribution in [2.24, 2.45) is 0 Å². The van der Waals surface area contributed by atoms with Crippen molar-refractivity contribution in [3.8, 4) is 0 Å².